The average Bonchev–Trinajstić information content (AvgIpc) is 3.47. The van der Waals surface area contributed by atoms with Gasteiger partial charge in [0.2, 0.25) is 0 Å². The van der Waals surface area contributed by atoms with Gasteiger partial charge in [0.15, 0.2) is 17.2 Å². The summed E-state index contributed by atoms with van der Waals surface area (Å²) in [7, 11) is -2.82. The quantitative estimate of drug-likeness (QED) is 0.116. The Morgan fingerprint density at radius 1 is 1.05 bits per heavy atom. The van der Waals surface area contributed by atoms with Crippen LogP contribution in [-0.4, -0.2) is 45.7 Å². The molecule has 1 atom stereocenters. The van der Waals surface area contributed by atoms with Crippen LogP contribution in [0.5, 0.6) is 5.75 Å². The third-order valence-corrected chi connectivity index (χ3v) is 7.68. The van der Waals surface area contributed by atoms with Crippen LogP contribution in [-0.2, 0) is 4.79 Å². The first kappa shape index (κ1) is 32.5. The molecular formula is C30H25BCl2F2N3O6+. The Kier molecular flexibility index (Phi) is 9.96. The zero-order chi connectivity index (χ0) is 32.3. The Hall–Kier alpha value is -4.42. The van der Waals surface area contributed by atoms with Gasteiger partial charge in [0.05, 0.1) is 33.3 Å². The number of carbonyl (C=O) groups is 3. The van der Waals surface area contributed by atoms with Crippen LogP contribution in [0.2, 0.25) is 10.0 Å². The summed E-state index contributed by atoms with van der Waals surface area (Å²) >= 11 is 12.5. The second-order valence-electron chi connectivity index (χ2n) is 10.0. The van der Waals surface area contributed by atoms with Crippen LogP contribution in [0.15, 0.2) is 87.3 Å². The highest BCUT2D eigenvalue weighted by Crippen LogP contribution is 2.38. The summed E-state index contributed by atoms with van der Waals surface area (Å²) in [5, 5.41) is 26.0. The molecule has 0 saturated carbocycles. The molecule has 1 unspecified atom stereocenters. The number of allylic oxidation sites excluding steroid dienone is 7. The van der Waals surface area contributed by atoms with E-state index in [0.717, 1.165) is 39.4 Å². The van der Waals surface area contributed by atoms with Gasteiger partial charge in [-0.3, -0.25) is 4.79 Å². The Bertz CT molecular complexity index is 1740. The summed E-state index contributed by atoms with van der Waals surface area (Å²) < 4.78 is 34.3. The molecule has 0 amide bonds. The highest BCUT2D eigenvalue weighted by Gasteiger charge is 2.42. The number of hydrogen-bond acceptors (Lipinski definition) is 6. The van der Waals surface area contributed by atoms with Crippen molar-refractivity contribution >= 4 is 65.6 Å². The summed E-state index contributed by atoms with van der Waals surface area (Å²) in [6.45, 7) is 5.95. The molecule has 1 aliphatic heterocycles. The van der Waals surface area contributed by atoms with Crippen LogP contribution in [0.25, 0.3) is 0 Å². The van der Waals surface area contributed by atoms with Crippen molar-refractivity contribution in [1.29, 1.82) is 0 Å². The molecule has 0 saturated heterocycles. The number of hydrogen-bond donors (Lipinski definition) is 2. The van der Waals surface area contributed by atoms with Crippen LogP contribution in [0.4, 0.5) is 20.0 Å². The second-order valence-corrected chi connectivity index (χ2v) is 10.9. The molecule has 14 heteroatoms. The molecule has 0 fully saturated rings. The number of esters is 1. The normalized spacial score (nSPS) is 17.2. The Morgan fingerprint density at radius 2 is 1.73 bits per heavy atom. The Balaban J connectivity index is 1.47. The maximum absolute atomic E-state index is 14.1. The molecular weight excluding hydrogens is 618 g/mol. The largest absolute Gasteiger partial charge is 0.934 e. The maximum Gasteiger partial charge on any atom is 0.934 e. The van der Waals surface area contributed by atoms with Crippen molar-refractivity contribution in [1.82, 2.24) is 0 Å². The van der Waals surface area contributed by atoms with Gasteiger partial charge in [-0.1, -0.05) is 41.8 Å². The van der Waals surface area contributed by atoms with Crippen molar-refractivity contribution < 1.29 is 42.5 Å². The van der Waals surface area contributed by atoms with Crippen LogP contribution >= 0.6 is 23.2 Å². The van der Waals surface area contributed by atoms with Gasteiger partial charge in [0, 0.05) is 30.6 Å². The summed E-state index contributed by atoms with van der Waals surface area (Å²) in [6, 6.07) is 5.77. The summed E-state index contributed by atoms with van der Waals surface area (Å²) in [5.74, 6) is -3.46. The lowest BCUT2D eigenvalue weighted by Gasteiger charge is -2.09. The van der Waals surface area contributed by atoms with Gasteiger partial charge in [-0.15, -0.1) is 5.11 Å². The zero-order valence-electron chi connectivity index (χ0n) is 23.6. The lowest BCUT2D eigenvalue weighted by atomic mass is 9.97. The fourth-order valence-electron chi connectivity index (χ4n) is 4.74. The van der Waals surface area contributed by atoms with Crippen molar-refractivity contribution in [3.8, 4) is 5.75 Å². The van der Waals surface area contributed by atoms with E-state index in [2.05, 4.69) is 10.2 Å². The van der Waals surface area contributed by atoms with E-state index in [1.54, 1.807) is 18.2 Å². The van der Waals surface area contributed by atoms with Crippen molar-refractivity contribution in [2.45, 2.75) is 33.6 Å². The van der Waals surface area contributed by atoms with Crippen LogP contribution < -0.4 is 4.74 Å². The van der Waals surface area contributed by atoms with Crippen molar-refractivity contribution in [3.63, 3.8) is 0 Å². The van der Waals surface area contributed by atoms with Crippen molar-refractivity contribution in [3.05, 3.63) is 98.2 Å². The zero-order valence-corrected chi connectivity index (χ0v) is 25.2. The highest BCUT2D eigenvalue weighted by molar-refractivity contribution is 6.37. The van der Waals surface area contributed by atoms with Crippen molar-refractivity contribution in [2.24, 2.45) is 16.1 Å². The highest BCUT2D eigenvalue weighted by atomic mass is 35.5. The summed E-state index contributed by atoms with van der Waals surface area (Å²) in [6.07, 6.45) is 6.62. The van der Waals surface area contributed by atoms with Gasteiger partial charge < -0.3 is 14.9 Å². The van der Waals surface area contributed by atoms with Crippen LogP contribution in [0, 0.1) is 5.92 Å². The molecule has 2 aliphatic rings. The number of carboxylic acid groups (broad SMARTS) is 2. The van der Waals surface area contributed by atoms with E-state index in [0.29, 0.717) is 5.70 Å². The molecule has 1 aliphatic carbocycles. The number of rotatable bonds is 10. The van der Waals surface area contributed by atoms with Gasteiger partial charge in [-0.25, -0.2) is 22.7 Å². The SMILES string of the molecule is CC1=CC(C)=C(/C=C2/C=CC(CCC(=O)Oc3c(Cl)cc(/N=N/c4cc(C(=O)O)ccc4C(=O)O)cc3Cl)=[N+]2B(F)F)C1C. The number of halogens is 4. The summed E-state index contributed by atoms with van der Waals surface area (Å²) in [4.78, 5) is 35.4. The minimum atomic E-state index is -2.82. The second kappa shape index (κ2) is 13.5. The van der Waals surface area contributed by atoms with Gasteiger partial charge in [-0.2, -0.15) is 5.11 Å². The molecule has 2 aromatic rings. The number of azo groups is 1. The number of nitrogens with zero attached hydrogens (tertiary/aromatic N) is 3. The number of ether oxygens (including phenoxy) is 1. The number of carboxylic acids is 2. The number of benzene rings is 2. The molecule has 226 valence electrons. The fraction of sp³-hybridized carbons (Fsp3) is 0.200. The third kappa shape index (κ3) is 7.20. The van der Waals surface area contributed by atoms with Gasteiger partial charge in [0.25, 0.3) is 0 Å². The molecule has 0 radical (unpaired) electrons. The van der Waals surface area contributed by atoms with Crippen molar-refractivity contribution in [2.75, 3.05) is 0 Å². The first-order valence-electron chi connectivity index (χ1n) is 13.2. The monoisotopic (exact) mass is 642 g/mol. The number of carbonyl (C=O) groups excluding carboxylic acids is 1. The first-order chi connectivity index (χ1) is 20.8. The standard InChI is InChI=1S/C30H24BCl2F2N3O6/c1-15-10-16(2)23(17(15)3)14-21-6-5-20(38(21)31(34)35)7-9-27(39)44-28-24(32)12-19(13-25(28)33)36-37-26-11-18(29(40)41)4-8-22(26)30(42)43/h4-6,8,10-14,17H,7,9H2,1-3H3,(H-,40,41,42,43)/p+1/b21-14-,37-36+. The Morgan fingerprint density at radius 3 is 2.30 bits per heavy atom. The topological polar surface area (TPSA) is 129 Å². The van der Waals surface area contributed by atoms with Gasteiger partial charge in [-0.05, 0) is 55.3 Å². The third-order valence-electron chi connectivity index (χ3n) is 7.11. The van der Waals surface area contributed by atoms with E-state index in [4.69, 9.17) is 27.9 Å². The Labute approximate surface area is 261 Å². The fourth-order valence-corrected chi connectivity index (χ4v) is 5.29. The predicted octanol–water partition coefficient (Wildman–Crippen LogP) is 8.23. The predicted molar refractivity (Wildman–Crippen MR) is 162 cm³/mol. The minimum absolute atomic E-state index is 0.0370. The molecule has 2 N–H and O–H groups in total. The number of aromatic carboxylic acids is 2. The first-order valence-corrected chi connectivity index (χ1v) is 14.0. The van der Waals surface area contributed by atoms with E-state index in [-0.39, 0.29) is 62.8 Å². The van der Waals surface area contributed by atoms with Crippen LogP contribution in [0.1, 0.15) is 54.3 Å². The maximum atomic E-state index is 14.1. The molecule has 1 heterocycles. The van der Waals surface area contributed by atoms with Gasteiger partial charge in [0.1, 0.15) is 5.69 Å². The van der Waals surface area contributed by atoms with E-state index < -0.39 is 25.3 Å². The molecule has 2 aromatic carbocycles. The molecule has 0 bridgehead atoms. The molecule has 0 aromatic heterocycles. The van der Waals surface area contributed by atoms with E-state index in [9.17, 15) is 33.2 Å². The average molecular weight is 643 g/mol. The minimum Gasteiger partial charge on any atom is -0.478 e. The van der Waals surface area contributed by atoms with Gasteiger partial charge >= 0.3 is 25.3 Å². The molecule has 4 rings (SSSR count). The smallest absolute Gasteiger partial charge is 0.478 e. The van der Waals surface area contributed by atoms with E-state index in [1.165, 1.54) is 12.1 Å². The molecule has 44 heavy (non-hydrogen) atoms. The van der Waals surface area contributed by atoms with Crippen LogP contribution in [0.3, 0.4) is 0 Å². The van der Waals surface area contributed by atoms with E-state index >= 15 is 0 Å². The summed E-state index contributed by atoms with van der Waals surface area (Å²) in [5.41, 5.74) is 3.06. The lowest BCUT2D eigenvalue weighted by molar-refractivity contribution is -0.343. The molecule has 0 spiro atoms. The lowest BCUT2D eigenvalue weighted by Crippen LogP contribution is -2.25. The molecule has 9 nitrogen and oxygen atoms in total. The van der Waals surface area contributed by atoms with E-state index in [1.807, 2.05) is 26.8 Å².